The van der Waals surface area contributed by atoms with Gasteiger partial charge in [0.25, 0.3) is 0 Å². The Balaban J connectivity index is 2.59. The molecule has 1 aliphatic carbocycles. The van der Waals surface area contributed by atoms with Gasteiger partial charge in [-0.1, -0.05) is 6.92 Å². The lowest BCUT2D eigenvalue weighted by Gasteiger charge is -2.19. The first-order chi connectivity index (χ1) is 5.00. The second-order valence-electron chi connectivity index (χ2n) is 3.46. The quantitative estimate of drug-likeness (QED) is 0.597. The number of carbonyl (C=O) groups excluding carboxylic acids is 1. The first-order valence-corrected chi connectivity index (χ1v) is 3.81. The maximum Gasteiger partial charge on any atom is 0.337 e. The lowest BCUT2D eigenvalue weighted by Crippen LogP contribution is -2.39. The number of esters is 1. The van der Waals surface area contributed by atoms with Crippen molar-refractivity contribution in [2.75, 3.05) is 7.11 Å². The fourth-order valence-electron chi connectivity index (χ4n) is 1.46. The van der Waals surface area contributed by atoms with E-state index in [0.29, 0.717) is 5.92 Å². The monoisotopic (exact) mass is 158 g/mol. The molecule has 0 bridgehead atoms. The van der Waals surface area contributed by atoms with E-state index in [9.17, 15) is 9.90 Å². The van der Waals surface area contributed by atoms with Crippen LogP contribution in [0.4, 0.5) is 0 Å². The van der Waals surface area contributed by atoms with Crippen molar-refractivity contribution in [1.29, 1.82) is 0 Å². The molecule has 0 saturated heterocycles. The second-order valence-corrected chi connectivity index (χ2v) is 3.46. The number of aliphatic hydroxyl groups is 1. The third-order valence-electron chi connectivity index (χ3n) is 2.43. The van der Waals surface area contributed by atoms with Gasteiger partial charge in [0, 0.05) is 5.92 Å². The van der Waals surface area contributed by atoms with Gasteiger partial charge in [-0.3, -0.25) is 0 Å². The predicted molar refractivity (Wildman–Crippen MR) is 39.9 cm³/mol. The number of carbonyl (C=O) groups is 1. The number of hydrogen-bond donors (Lipinski definition) is 1. The molecule has 1 aliphatic rings. The molecule has 0 aliphatic heterocycles. The molecule has 3 unspecified atom stereocenters. The van der Waals surface area contributed by atoms with Crippen LogP contribution in [0.2, 0.25) is 0 Å². The summed E-state index contributed by atoms with van der Waals surface area (Å²) in [7, 11) is 1.30. The van der Waals surface area contributed by atoms with E-state index < -0.39 is 11.6 Å². The van der Waals surface area contributed by atoms with Crippen LogP contribution in [0.3, 0.4) is 0 Å². The Bertz CT molecular complexity index is 174. The van der Waals surface area contributed by atoms with E-state index in [0.717, 1.165) is 6.42 Å². The minimum absolute atomic E-state index is 0.0925. The Morgan fingerprint density at radius 1 is 1.73 bits per heavy atom. The topological polar surface area (TPSA) is 46.5 Å². The molecule has 3 nitrogen and oxygen atoms in total. The Morgan fingerprint density at radius 2 is 2.18 bits per heavy atom. The van der Waals surface area contributed by atoms with Crippen LogP contribution in [0.25, 0.3) is 0 Å². The molecule has 0 heterocycles. The molecule has 1 fully saturated rings. The van der Waals surface area contributed by atoms with E-state index in [-0.39, 0.29) is 5.92 Å². The van der Waals surface area contributed by atoms with Gasteiger partial charge in [0.15, 0.2) is 5.60 Å². The molecule has 64 valence electrons. The molecule has 0 spiro atoms. The molecule has 0 aromatic carbocycles. The Kier molecular flexibility index (Phi) is 1.92. The molecular weight excluding hydrogens is 144 g/mol. The maximum atomic E-state index is 11.0. The third kappa shape index (κ3) is 1.38. The Labute approximate surface area is 66.4 Å². The van der Waals surface area contributed by atoms with Crippen molar-refractivity contribution in [3.63, 3.8) is 0 Å². The molecule has 3 atom stereocenters. The van der Waals surface area contributed by atoms with Crippen LogP contribution >= 0.6 is 0 Å². The van der Waals surface area contributed by atoms with Crippen molar-refractivity contribution in [2.24, 2.45) is 11.8 Å². The molecule has 0 radical (unpaired) electrons. The largest absolute Gasteiger partial charge is 0.467 e. The molecule has 11 heavy (non-hydrogen) atoms. The zero-order chi connectivity index (χ0) is 8.65. The van der Waals surface area contributed by atoms with Gasteiger partial charge in [-0.15, -0.1) is 0 Å². The molecule has 1 saturated carbocycles. The van der Waals surface area contributed by atoms with Crippen molar-refractivity contribution >= 4 is 5.97 Å². The van der Waals surface area contributed by atoms with Crippen LogP contribution in [0.1, 0.15) is 20.3 Å². The second kappa shape index (κ2) is 2.48. The van der Waals surface area contributed by atoms with Crippen LogP contribution < -0.4 is 0 Å². The lowest BCUT2D eigenvalue weighted by atomic mass is 9.99. The Morgan fingerprint density at radius 3 is 2.45 bits per heavy atom. The van der Waals surface area contributed by atoms with Crippen molar-refractivity contribution < 1.29 is 14.6 Å². The standard InChI is InChI=1S/C8H14O3/c1-5-4-6(5)8(2,10)7(9)11-3/h5-6,10H,4H2,1-3H3. The molecular formula is C8H14O3. The molecule has 1 N–H and O–H groups in total. The predicted octanol–water partition coefficient (Wildman–Crippen LogP) is 0.566. The van der Waals surface area contributed by atoms with E-state index in [4.69, 9.17) is 0 Å². The van der Waals surface area contributed by atoms with Gasteiger partial charge < -0.3 is 9.84 Å². The summed E-state index contributed by atoms with van der Waals surface area (Å²) in [6, 6.07) is 0. The van der Waals surface area contributed by atoms with Gasteiger partial charge in [0.2, 0.25) is 0 Å². The SMILES string of the molecule is COC(=O)C(C)(O)C1CC1C. The highest BCUT2D eigenvalue weighted by Crippen LogP contribution is 2.46. The van der Waals surface area contributed by atoms with Crippen molar-refractivity contribution in [3.8, 4) is 0 Å². The first kappa shape index (κ1) is 8.53. The molecule has 3 heteroatoms. The highest BCUT2D eigenvalue weighted by atomic mass is 16.5. The van der Waals surface area contributed by atoms with Crippen molar-refractivity contribution in [2.45, 2.75) is 25.9 Å². The summed E-state index contributed by atoms with van der Waals surface area (Å²) >= 11 is 0. The van der Waals surface area contributed by atoms with Gasteiger partial charge in [-0.05, 0) is 19.3 Å². The average Bonchev–Trinajstić information content (AvgIpc) is 2.65. The van der Waals surface area contributed by atoms with Crippen LogP contribution in [-0.4, -0.2) is 23.8 Å². The smallest absolute Gasteiger partial charge is 0.337 e. The summed E-state index contributed by atoms with van der Waals surface area (Å²) in [6.45, 7) is 3.54. The van der Waals surface area contributed by atoms with Crippen molar-refractivity contribution in [1.82, 2.24) is 0 Å². The number of rotatable bonds is 2. The number of ether oxygens (including phenoxy) is 1. The summed E-state index contributed by atoms with van der Waals surface area (Å²) in [5.74, 6) is 0.0194. The summed E-state index contributed by atoms with van der Waals surface area (Å²) in [6.07, 6.45) is 0.919. The van der Waals surface area contributed by atoms with Crippen LogP contribution in [-0.2, 0) is 9.53 Å². The minimum Gasteiger partial charge on any atom is -0.467 e. The van der Waals surface area contributed by atoms with E-state index in [1.165, 1.54) is 14.0 Å². The third-order valence-corrected chi connectivity index (χ3v) is 2.43. The van der Waals surface area contributed by atoms with Gasteiger partial charge in [0.1, 0.15) is 0 Å². The summed E-state index contributed by atoms with van der Waals surface area (Å²) in [5.41, 5.74) is -1.27. The molecule has 0 amide bonds. The van der Waals surface area contributed by atoms with Gasteiger partial charge >= 0.3 is 5.97 Å². The molecule has 1 rings (SSSR count). The number of hydrogen-bond acceptors (Lipinski definition) is 3. The van der Waals surface area contributed by atoms with Gasteiger partial charge in [-0.25, -0.2) is 4.79 Å². The Hall–Kier alpha value is -0.570. The van der Waals surface area contributed by atoms with Crippen molar-refractivity contribution in [3.05, 3.63) is 0 Å². The minimum atomic E-state index is -1.27. The zero-order valence-electron chi connectivity index (χ0n) is 7.13. The van der Waals surface area contributed by atoms with Crippen LogP contribution in [0.15, 0.2) is 0 Å². The van der Waals surface area contributed by atoms with Gasteiger partial charge in [0.05, 0.1) is 7.11 Å². The average molecular weight is 158 g/mol. The molecule has 0 aromatic heterocycles. The highest BCUT2D eigenvalue weighted by molar-refractivity contribution is 5.79. The highest BCUT2D eigenvalue weighted by Gasteiger charge is 2.51. The normalized spacial score (nSPS) is 34.2. The number of methoxy groups -OCH3 is 1. The first-order valence-electron chi connectivity index (χ1n) is 3.81. The van der Waals surface area contributed by atoms with Gasteiger partial charge in [-0.2, -0.15) is 0 Å². The van der Waals surface area contributed by atoms with Crippen LogP contribution in [0, 0.1) is 11.8 Å². The fourth-order valence-corrected chi connectivity index (χ4v) is 1.46. The summed E-state index contributed by atoms with van der Waals surface area (Å²) < 4.78 is 4.48. The van der Waals surface area contributed by atoms with E-state index >= 15 is 0 Å². The summed E-state index contributed by atoms with van der Waals surface area (Å²) in [5, 5.41) is 9.62. The maximum absolute atomic E-state index is 11.0. The van der Waals surface area contributed by atoms with E-state index in [1.54, 1.807) is 0 Å². The summed E-state index contributed by atoms with van der Waals surface area (Å²) in [4.78, 5) is 11.0. The lowest BCUT2D eigenvalue weighted by molar-refractivity contribution is -0.163. The fraction of sp³-hybridized carbons (Fsp3) is 0.875. The van der Waals surface area contributed by atoms with E-state index in [2.05, 4.69) is 4.74 Å². The van der Waals surface area contributed by atoms with Crippen LogP contribution in [0.5, 0.6) is 0 Å². The molecule has 0 aromatic rings. The zero-order valence-corrected chi connectivity index (χ0v) is 7.13. The van der Waals surface area contributed by atoms with E-state index in [1.807, 2.05) is 6.92 Å².